The Kier molecular flexibility index (Phi) is 4.97. The number of fused-ring (bicyclic) bond motifs is 1. The topological polar surface area (TPSA) is 32.3 Å². The van der Waals surface area contributed by atoms with E-state index in [9.17, 15) is 4.79 Å². The summed E-state index contributed by atoms with van der Waals surface area (Å²) in [5.74, 6) is 0.0619. The van der Waals surface area contributed by atoms with E-state index in [0.717, 1.165) is 5.56 Å². The second kappa shape index (κ2) is 6.72. The van der Waals surface area contributed by atoms with Crippen molar-refractivity contribution in [1.82, 2.24) is 10.2 Å². The van der Waals surface area contributed by atoms with Crippen LogP contribution in [0.5, 0.6) is 0 Å². The average Bonchev–Trinajstić information content (AvgIpc) is 2.46. The number of hydrogen-bond acceptors (Lipinski definition) is 2. The van der Waals surface area contributed by atoms with E-state index in [1.807, 2.05) is 31.0 Å². The van der Waals surface area contributed by atoms with E-state index in [4.69, 9.17) is 0 Å². The highest BCUT2D eigenvalue weighted by Gasteiger charge is 2.13. The normalized spacial score (nSPS) is 12.9. The van der Waals surface area contributed by atoms with Crippen molar-refractivity contribution in [2.45, 2.75) is 32.9 Å². The first-order valence-electron chi connectivity index (χ1n) is 7.45. The minimum Gasteiger partial charge on any atom is -0.348 e. The van der Waals surface area contributed by atoms with Crippen LogP contribution < -0.4 is 5.32 Å². The maximum atomic E-state index is 12.1. The molecule has 0 radical (unpaired) electrons. The summed E-state index contributed by atoms with van der Waals surface area (Å²) >= 11 is 0. The Balaban J connectivity index is 2.04. The Bertz CT molecular complexity index is 621. The molecule has 1 unspecified atom stereocenters. The van der Waals surface area contributed by atoms with E-state index < -0.39 is 0 Å². The zero-order valence-corrected chi connectivity index (χ0v) is 13.3. The molecule has 112 valence electrons. The number of rotatable bonds is 5. The second-order valence-corrected chi connectivity index (χ2v) is 5.90. The molecule has 0 heterocycles. The summed E-state index contributed by atoms with van der Waals surface area (Å²) < 4.78 is 0. The molecule has 0 bridgehead atoms. The number of nitrogens with zero attached hydrogens (tertiary/aromatic N) is 1. The molecule has 0 fully saturated rings. The Morgan fingerprint density at radius 2 is 1.76 bits per heavy atom. The van der Waals surface area contributed by atoms with Crippen molar-refractivity contribution in [2.24, 2.45) is 0 Å². The first kappa shape index (κ1) is 15.5. The number of likely N-dealkylation sites (N-methyl/N-ethyl adjacent to an activating group) is 1. The quantitative estimate of drug-likeness (QED) is 0.913. The van der Waals surface area contributed by atoms with Crippen molar-refractivity contribution < 1.29 is 4.79 Å². The van der Waals surface area contributed by atoms with Crippen LogP contribution in [0.4, 0.5) is 0 Å². The average molecular weight is 284 g/mol. The van der Waals surface area contributed by atoms with Gasteiger partial charge in [0.2, 0.25) is 5.91 Å². The van der Waals surface area contributed by atoms with Gasteiger partial charge in [-0.15, -0.1) is 0 Å². The van der Waals surface area contributed by atoms with E-state index in [1.165, 1.54) is 10.8 Å². The van der Waals surface area contributed by atoms with Gasteiger partial charge in [-0.3, -0.25) is 9.69 Å². The van der Waals surface area contributed by atoms with E-state index >= 15 is 0 Å². The van der Waals surface area contributed by atoms with Gasteiger partial charge in [0.15, 0.2) is 0 Å². The number of carbonyl (C=O) groups is 1. The lowest BCUT2D eigenvalue weighted by Gasteiger charge is -2.22. The lowest BCUT2D eigenvalue weighted by atomic mass is 10.0. The molecule has 0 saturated heterocycles. The van der Waals surface area contributed by atoms with Crippen LogP contribution in [-0.4, -0.2) is 30.4 Å². The monoisotopic (exact) mass is 284 g/mol. The third-order valence-electron chi connectivity index (χ3n) is 3.93. The lowest BCUT2D eigenvalue weighted by Crippen LogP contribution is -2.39. The molecule has 0 saturated carbocycles. The van der Waals surface area contributed by atoms with Gasteiger partial charge in [0.25, 0.3) is 0 Å². The maximum Gasteiger partial charge on any atom is 0.234 e. The number of hydrogen-bond donors (Lipinski definition) is 1. The SMILES string of the molecule is CC(NC(=O)CN(C)C(C)C)c1ccc2ccccc2c1. The molecule has 21 heavy (non-hydrogen) atoms. The van der Waals surface area contributed by atoms with Gasteiger partial charge in [0.05, 0.1) is 12.6 Å². The van der Waals surface area contributed by atoms with Crippen LogP contribution in [0.25, 0.3) is 10.8 Å². The fraction of sp³-hybridized carbons (Fsp3) is 0.389. The van der Waals surface area contributed by atoms with Crippen LogP contribution >= 0.6 is 0 Å². The third-order valence-corrected chi connectivity index (χ3v) is 3.93. The fourth-order valence-electron chi connectivity index (χ4n) is 2.26. The first-order valence-corrected chi connectivity index (χ1v) is 7.45. The van der Waals surface area contributed by atoms with E-state index in [0.29, 0.717) is 12.6 Å². The van der Waals surface area contributed by atoms with Gasteiger partial charge in [-0.05, 0) is 50.2 Å². The highest BCUT2D eigenvalue weighted by molar-refractivity contribution is 5.83. The van der Waals surface area contributed by atoms with Gasteiger partial charge in [0, 0.05) is 6.04 Å². The molecule has 0 aliphatic carbocycles. The zero-order valence-electron chi connectivity index (χ0n) is 13.3. The van der Waals surface area contributed by atoms with E-state index in [-0.39, 0.29) is 11.9 Å². The van der Waals surface area contributed by atoms with Crippen LogP contribution in [0.1, 0.15) is 32.4 Å². The molecule has 0 spiro atoms. The first-order chi connectivity index (χ1) is 9.97. The van der Waals surface area contributed by atoms with Crippen molar-refractivity contribution in [2.75, 3.05) is 13.6 Å². The molecule has 1 amide bonds. The van der Waals surface area contributed by atoms with Crippen LogP contribution in [-0.2, 0) is 4.79 Å². The van der Waals surface area contributed by atoms with Gasteiger partial charge >= 0.3 is 0 Å². The molecule has 1 atom stereocenters. The summed E-state index contributed by atoms with van der Waals surface area (Å²) in [6, 6.07) is 15.0. The molecular formula is C18H24N2O. The Hall–Kier alpha value is -1.87. The smallest absolute Gasteiger partial charge is 0.234 e. The summed E-state index contributed by atoms with van der Waals surface area (Å²) in [7, 11) is 1.96. The molecular weight excluding hydrogens is 260 g/mol. The highest BCUT2D eigenvalue weighted by atomic mass is 16.2. The number of amides is 1. The van der Waals surface area contributed by atoms with Gasteiger partial charge in [0.1, 0.15) is 0 Å². The Morgan fingerprint density at radius 3 is 2.43 bits per heavy atom. The van der Waals surface area contributed by atoms with Gasteiger partial charge in [-0.25, -0.2) is 0 Å². The summed E-state index contributed by atoms with van der Waals surface area (Å²) in [5.41, 5.74) is 1.13. The molecule has 1 N–H and O–H groups in total. The van der Waals surface area contributed by atoms with Crippen LogP contribution in [0.15, 0.2) is 42.5 Å². The van der Waals surface area contributed by atoms with Crippen molar-refractivity contribution in [1.29, 1.82) is 0 Å². The molecule has 0 aliphatic heterocycles. The number of nitrogens with one attached hydrogen (secondary N) is 1. The van der Waals surface area contributed by atoms with Gasteiger partial charge in [-0.1, -0.05) is 36.4 Å². The molecule has 2 aromatic carbocycles. The van der Waals surface area contributed by atoms with Crippen molar-refractivity contribution in [3.63, 3.8) is 0 Å². The molecule has 2 aromatic rings. The number of carbonyl (C=O) groups excluding carboxylic acids is 1. The largest absolute Gasteiger partial charge is 0.348 e. The summed E-state index contributed by atoms with van der Waals surface area (Å²) in [6.07, 6.45) is 0. The highest BCUT2D eigenvalue weighted by Crippen LogP contribution is 2.20. The molecule has 3 heteroatoms. The second-order valence-electron chi connectivity index (χ2n) is 5.90. The van der Waals surface area contributed by atoms with Crippen molar-refractivity contribution >= 4 is 16.7 Å². The van der Waals surface area contributed by atoms with Crippen LogP contribution in [0, 0.1) is 0 Å². The van der Waals surface area contributed by atoms with Crippen LogP contribution in [0.2, 0.25) is 0 Å². The lowest BCUT2D eigenvalue weighted by molar-refractivity contribution is -0.122. The van der Waals surface area contributed by atoms with Crippen molar-refractivity contribution in [3.8, 4) is 0 Å². The van der Waals surface area contributed by atoms with E-state index in [2.05, 4.69) is 49.5 Å². The molecule has 0 aromatic heterocycles. The van der Waals surface area contributed by atoms with Gasteiger partial charge in [-0.2, -0.15) is 0 Å². The van der Waals surface area contributed by atoms with Crippen molar-refractivity contribution in [3.05, 3.63) is 48.0 Å². The fourth-order valence-corrected chi connectivity index (χ4v) is 2.26. The number of benzene rings is 2. The molecule has 0 aliphatic rings. The summed E-state index contributed by atoms with van der Waals surface area (Å²) in [5, 5.41) is 5.49. The summed E-state index contributed by atoms with van der Waals surface area (Å²) in [4.78, 5) is 14.1. The summed E-state index contributed by atoms with van der Waals surface area (Å²) in [6.45, 7) is 6.62. The predicted octanol–water partition coefficient (Wildman–Crippen LogP) is 3.36. The maximum absolute atomic E-state index is 12.1. The van der Waals surface area contributed by atoms with Gasteiger partial charge < -0.3 is 5.32 Å². The zero-order chi connectivity index (χ0) is 15.4. The standard InChI is InChI=1S/C18H24N2O/c1-13(2)20(4)12-18(21)19-14(3)16-10-9-15-7-5-6-8-17(15)11-16/h5-11,13-14H,12H2,1-4H3,(H,19,21). The minimum absolute atomic E-state index is 0.0164. The Labute approximate surface area is 127 Å². The molecule has 2 rings (SSSR count). The van der Waals surface area contributed by atoms with Crippen LogP contribution in [0.3, 0.4) is 0 Å². The van der Waals surface area contributed by atoms with E-state index in [1.54, 1.807) is 0 Å². The predicted molar refractivity (Wildman–Crippen MR) is 88.3 cm³/mol. The third kappa shape index (κ3) is 4.05. The minimum atomic E-state index is 0.0164. The molecule has 3 nitrogen and oxygen atoms in total. The Morgan fingerprint density at radius 1 is 1.10 bits per heavy atom.